The second-order valence-electron chi connectivity index (χ2n) is 5.58. The van der Waals surface area contributed by atoms with Crippen LogP contribution in [0, 0.1) is 0 Å². The van der Waals surface area contributed by atoms with Crippen LogP contribution in [0.25, 0.3) is 0 Å². The highest BCUT2D eigenvalue weighted by molar-refractivity contribution is 5.80. The van der Waals surface area contributed by atoms with E-state index >= 15 is 0 Å². The number of rotatable bonds is 3. The zero-order valence-corrected chi connectivity index (χ0v) is 12.0. The molecule has 7 nitrogen and oxygen atoms in total. The van der Waals surface area contributed by atoms with Gasteiger partial charge in [-0.1, -0.05) is 0 Å². The number of carboxylic acids is 1. The van der Waals surface area contributed by atoms with E-state index in [1.807, 2.05) is 13.8 Å². The van der Waals surface area contributed by atoms with Crippen LogP contribution in [0.2, 0.25) is 0 Å². The summed E-state index contributed by atoms with van der Waals surface area (Å²) in [6.07, 6.45) is 0.0574. The molecule has 1 amide bonds. The van der Waals surface area contributed by atoms with E-state index < -0.39 is 12.0 Å². The number of ether oxygens (including phenoxy) is 1. The summed E-state index contributed by atoms with van der Waals surface area (Å²) >= 11 is 0. The molecule has 2 aliphatic rings. The second kappa shape index (κ2) is 6.51. The average Bonchev–Trinajstić information content (AvgIpc) is 2.37. The van der Waals surface area contributed by atoms with Gasteiger partial charge in [0.05, 0.1) is 18.8 Å². The molecule has 0 aromatic carbocycles. The topological polar surface area (TPSA) is 82.1 Å². The van der Waals surface area contributed by atoms with Crippen molar-refractivity contribution < 1.29 is 19.4 Å². The van der Waals surface area contributed by atoms with E-state index in [9.17, 15) is 14.7 Å². The molecule has 0 aromatic rings. The molecule has 2 heterocycles. The van der Waals surface area contributed by atoms with Crippen molar-refractivity contribution in [1.29, 1.82) is 0 Å². The van der Waals surface area contributed by atoms with E-state index in [4.69, 9.17) is 4.74 Å². The molecule has 114 valence electrons. The van der Waals surface area contributed by atoms with Crippen molar-refractivity contribution in [3.8, 4) is 0 Å². The Balaban J connectivity index is 1.94. The van der Waals surface area contributed by atoms with E-state index in [2.05, 4.69) is 5.32 Å². The molecule has 0 spiro atoms. The summed E-state index contributed by atoms with van der Waals surface area (Å²) in [7, 11) is 0. The van der Waals surface area contributed by atoms with Gasteiger partial charge in [-0.3, -0.25) is 14.5 Å². The van der Waals surface area contributed by atoms with Gasteiger partial charge in [-0.25, -0.2) is 0 Å². The third-order valence-corrected chi connectivity index (χ3v) is 3.75. The Bertz CT molecular complexity index is 367. The Hall–Kier alpha value is -1.18. The maximum atomic E-state index is 12.3. The molecular formula is C13H23N3O4. The van der Waals surface area contributed by atoms with Crippen LogP contribution in [-0.4, -0.2) is 84.3 Å². The Morgan fingerprint density at radius 3 is 2.55 bits per heavy atom. The fraction of sp³-hybridized carbons (Fsp3) is 0.846. The van der Waals surface area contributed by atoms with Crippen molar-refractivity contribution >= 4 is 11.9 Å². The maximum Gasteiger partial charge on any atom is 0.322 e. The monoisotopic (exact) mass is 285 g/mol. The van der Waals surface area contributed by atoms with Gasteiger partial charge >= 0.3 is 5.97 Å². The number of piperazine rings is 1. The Morgan fingerprint density at radius 1 is 1.30 bits per heavy atom. The summed E-state index contributed by atoms with van der Waals surface area (Å²) in [6, 6.07) is -0.622. The maximum absolute atomic E-state index is 12.3. The van der Waals surface area contributed by atoms with Crippen molar-refractivity contribution in [1.82, 2.24) is 15.1 Å². The van der Waals surface area contributed by atoms with E-state index in [0.29, 0.717) is 32.7 Å². The van der Waals surface area contributed by atoms with Crippen molar-refractivity contribution in [2.45, 2.75) is 32.1 Å². The normalized spacial score (nSPS) is 32.1. The molecule has 2 saturated heterocycles. The van der Waals surface area contributed by atoms with Crippen molar-refractivity contribution in [3.63, 3.8) is 0 Å². The number of nitrogens with zero attached hydrogens (tertiary/aromatic N) is 2. The van der Waals surface area contributed by atoms with Gasteiger partial charge in [0, 0.05) is 32.7 Å². The van der Waals surface area contributed by atoms with Gasteiger partial charge in [0.2, 0.25) is 5.91 Å². The third-order valence-electron chi connectivity index (χ3n) is 3.75. The highest BCUT2D eigenvalue weighted by atomic mass is 16.5. The minimum Gasteiger partial charge on any atom is -0.480 e. The largest absolute Gasteiger partial charge is 0.480 e. The fourth-order valence-corrected chi connectivity index (χ4v) is 2.83. The van der Waals surface area contributed by atoms with Gasteiger partial charge in [-0.2, -0.15) is 0 Å². The molecule has 0 bridgehead atoms. The molecule has 0 radical (unpaired) electrons. The summed E-state index contributed by atoms with van der Waals surface area (Å²) in [5.41, 5.74) is 0. The molecule has 2 fully saturated rings. The average molecular weight is 285 g/mol. The van der Waals surface area contributed by atoms with Gasteiger partial charge in [-0.15, -0.1) is 0 Å². The zero-order valence-electron chi connectivity index (χ0n) is 12.0. The van der Waals surface area contributed by atoms with Gasteiger partial charge in [0.25, 0.3) is 0 Å². The summed E-state index contributed by atoms with van der Waals surface area (Å²) in [6.45, 7) is 6.89. The van der Waals surface area contributed by atoms with E-state index in [0.717, 1.165) is 0 Å². The standard InChI is InChI=1S/C13H23N3O4/c1-9-6-16(7-10(2)20-9)12(17)8-15-4-3-14-5-11(15)13(18)19/h9-11,14H,3-8H2,1-2H3,(H,18,19). The number of morpholine rings is 1. The number of carboxylic acid groups (broad SMARTS) is 1. The molecule has 3 unspecified atom stereocenters. The lowest BCUT2D eigenvalue weighted by Gasteiger charge is -2.38. The SMILES string of the molecule is CC1CN(C(=O)CN2CCNCC2C(=O)O)CC(C)O1. The lowest BCUT2D eigenvalue weighted by atomic mass is 10.2. The first-order chi connectivity index (χ1) is 9.47. The highest BCUT2D eigenvalue weighted by Gasteiger charge is 2.32. The quantitative estimate of drug-likeness (QED) is 0.691. The summed E-state index contributed by atoms with van der Waals surface area (Å²) in [5.74, 6) is -0.895. The van der Waals surface area contributed by atoms with Gasteiger partial charge < -0.3 is 20.1 Å². The predicted octanol–water partition coefficient (Wildman–Crippen LogP) is -1.02. The van der Waals surface area contributed by atoms with Gasteiger partial charge in [-0.05, 0) is 13.8 Å². The predicted molar refractivity (Wildman–Crippen MR) is 72.5 cm³/mol. The van der Waals surface area contributed by atoms with Crippen LogP contribution < -0.4 is 5.32 Å². The molecule has 2 rings (SSSR count). The Morgan fingerprint density at radius 2 is 1.95 bits per heavy atom. The lowest BCUT2D eigenvalue weighted by Crippen LogP contribution is -2.58. The highest BCUT2D eigenvalue weighted by Crippen LogP contribution is 2.12. The van der Waals surface area contributed by atoms with Crippen molar-refractivity contribution in [2.24, 2.45) is 0 Å². The summed E-state index contributed by atoms with van der Waals surface area (Å²) < 4.78 is 5.60. The molecule has 7 heteroatoms. The van der Waals surface area contributed by atoms with Crippen molar-refractivity contribution in [2.75, 3.05) is 39.3 Å². The first-order valence-corrected chi connectivity index (χ1v) is 7.08. The Kier molecular flexibility index (Phi) is 4.95. The lowest BCUT2D eigenvalue weighted by molar-refractivity contribution is -0.149. The fourth-order valence-electron chi connectivity index (χ4n) is 2.83. The van der Waals surface area contributed by atoms with Gasteiger partial charge in [0.1, 0.15) is 6.04 Å². The minimum atomic E-state index is -0.881. The van der Waals surface area contributed by atoms with Gasteiger partial charge in [0.15, 0.2) is 0 Å². The number of nitrogens with one attached hydrogen (secondary N) is 1. The molecule has 0 aliphatic carbocycles. The molecule has 3 atom stereocenters. The van der Waals surface area contributed by atoms with E-state index in [-0.39, 0.29) is 24.7 Å². The number of aliphatic carboxylic acids is 1. The summed E-state index contributed by atoms with van der Waals surface area (Å²) in [5, 5.41) is 12.2. The number of carbonyl (C=O) groups excluding carboxylic acids is 1. The van der Waals surface area contributed by atoms with Crippen LogP contribution in [0.15, 0.2) is 0 Å². The first kappa shape index (κ1) is 15.2. The molecule has 0 saturated carbocycles. The zero-order chi connectivity index (χ0) is 14.7. The van der Waals surface area contributed by atoms with Crippen LogP contribution in [-0.2, 0) is 14.3 Å². The smallest absolute Gasteiger partial charge is 0.322 e. The summed E-state index contributed by atoms with van der Waals surface area (Å²) in [4.78, 5) is 27.1. The molecule has 2 aliphatic heterocycles. The molecule has 0 aromatic heterocycles. The molecular weight excluding hydrogens is 262 g/mol. The first-order valence-electron chi connectivity index (χ1n) is 7.08. The number of hydrogen-bond acceptors (Lipinski definition) is 5. The number of amides is 1. The number of carbonyl (C=O) groups is 2. The van der Waals surface area contributed by atoms with Crippen LogP contribution in [0.4, 0.5) is 0 Å². The van der Waals surface area contributed by atoms with E-state index in [1.54, 1.807) is 9.80 Å². The Labute approximate surface area is 118 Å². The molecule has 20 heavy (non-hydrogen) atoms. The second-order valence-corrected chi connectivity index (χ2v) is 5.58. The van der Waals surface area contributed by atoms with Crippen LogP contribution in [0.1, 0.15) is 13.8 Å². The van der Waals surface area contributed by atoms with Crippen molar-refractivity contribution in [3.05, 3.63) is 0 Å². The molecule has 2 N–H and O–H groups in total. The minimum absolute atomic E-state index is 0.0137. The van der Waals surface area contributed by atoms with Crippen LogP contribution in [0.3, 0.4) is 0 Å². The van der Waals surface area contributed by atoms with Crippen LogP contribution in [0.5, 0.6) is 0 Å². The number of hydrogen-bond donors (Lipinski definition) is 2. The third kappa shape index (κ3) is 3.68. The van der Waals surface area contributed by atoms with Crippen LogP contribution >= 0.6 is 0 Å². The van der Waals surface area contributed by atoms with E-state index in [1.165, 1.54) is 0 Å².